The predicted octanol–water partition coefficient (Wildman–Crippen LogP) is 6.14. The monoisotopic (exact) mass is 340 g/mol. The van der Waals surface area contributed by atoms with Crippen molar-refractivity contribution < 1.29 is 0 Å². The molecule has 0 spiro atoms. The molecule has 0 amide bonds. The third-order valence-electron chi connectivity index (χ3n) is 4.20. The average molecular weight is 341 g/mol. The van der Waals surface area contributed by atoms with Crippen LogP contribution in [0.5, 0.6) is 0 Å². The molecule has 0 saturated carbocycles. The summed E-state index contributed by atoms with van der Waals surface area (Å²) < 4.78 is 2.28. The van der Waals surface area contributed by atoms with Crippen molar-refractivity contribution in [3.8, 4) is 0 Å². The van der Waals surface area contributed by atoms with Crippen LogP contribution < -0.4 is 5.36 Å². The van der Waals surface area contributed by atoms with Gasteiger partial charge in [0.2, 0.25) is 0 Å². The normalized spacial score (nSPS) is 10.3. The summed E-state index contributed by atoms with van der Waals surface area (Å²) in [5, 5.41) is 1.13. The number of halogens is 1. The van der Waals surface area contributed by atoms with E-state index in [0.717, 1.165) is 18.4 Å². The zero-order valence-corrected chi connectivity index (χ0v) is 16.1. The Morgan fingerprint density at radius 3 is 1.87 bits per heavy atom. The Labute approximate surface area is 149 Å². The van der Waals surface area contributed by atoms with Crippen molar-refractivity contribution in [1.82, 2.24) is 4.57 Å². The third-order valence-corrected chi connectivity index (χ3v) is 4.20. The SMILES string of the molecule is CCCCCCCCCN=c1ccn(CCCCCC)cc1.Cl. The lowest BCUT2D eigenvalue weighted by molar-refractivity contribution is 0.579. The van der Waals surface area contributed by atoms with Gasteiger partial charge in [-0.1, -0.05) is 71.6 Å². The summed E-state index contributed by atoms with van der Waals surface area (Å²) in [5.41, 5.74) is 0. The second-order valence-electron chi connectivity index (χ2n) is 6.36. The van der Waals surface area contributed by atoms with Crippen LogP contribution in [0.4, 0.5) is 0 Å². The number of aryl methyl sites for hydroxylation is 1. The number of nitrogens with zero attached hydrogens (tertiary/aromatic N) is 2. The van der Waals surface area contributed by atoms with E-state index >= 15 is 0 Å². The van der Waals surface area contributed by atoms with Crippen LogP contribution in [0, 0.1) is 0 Å². The zero-order valence-electron chi connectivity index (χ0n) is 15.3. The van der Waals surface area contributed by atoms with Gasteiger partial charge in [0.15, 0.2) is 0 Å². The number of pyridine rings is 1. The summed E-state index contributed by atoms with van der Waals surface area (Å²) in [4.78, 5) is 4.68. The lowest BCUT2D eigenvalue weighted by Gasteiger charge is -2.05. The van der Waals surface area contributed by atoms with E-state index in [0.29, 0.717) is 0 Å². The van der Waals surface area contributed by atoms with Gasteiger partial charge in [0, 0.05) is 25.5 Å². The maximum absolute atomic E-state index is 4.68. The molecule has 134 valence electrons. The minimum absolute atomic E-state index is 0. The highest BCUT2D eigenvalue weighted by molar-refractivity contribution is 5.85. The summed E-state index contributed by atoms with van der Waals surface area (Å²) in [5.74, 6) is 0. The molecule has 0 aliphatic carbocycles. The molecular formula is C20H37ClN2. The zero-order chi connectivity index (χ0) is 15.9. The number of unbranched alkanes of at least 4 members (excludes halogenated alkanes) is 9. The van der Waals surface area contributed by atoms with Gasteiger partial charge >= 0.3 is 0 Å². The Hall–Kier alpha value is -0.760. The van der Waals surface area contributed by atoms with Gasteiger partial charge in [-0.3, -0.25) is 4.99 Å². The fourth-order valence-electron chi connectivity index (χ4n) is 2.70. The van der Waals surface area contributed by atoms with Crippen molar-refractivity contribution in [2.45, 2.75) is 91.0 Å². The van der Waals surface area contributed by atoms with E-state index in [9.17, 15) is 0 Å². The molecule has 0 unspecified atom stereocenters. The first-order valence-electron chi connectivity index (χ1n) is 9.53. The highest BCUT2D eigenvalue weighted by atomic mass is 35.5. The van der Waals surface area contributed by atoms with E-state index in [4.69, 9.17) is 0 Å². The second kappa shape index (κ2) is 16.1. The summed E-state index contributed by atoms with van der Waals surface area (Å²) in [6.07, 6.45) is 19.1. The highest BCUT2D eigenvalue weighted by Gasteiger charge is 1.92. The molecule has 1 rings (SSSR count). The van der Waals surface area contributed by atoms with E-state index in [1.54, 1.807) is 0 Å². The molecule has 1 aromatic heterocycles. The molecular weight excluding hydrogens is 304 g/mol. The Morgan fingerprint density at radius 1 is 0.739 bits per heavy atom. The smallest absolute Gasteiger partial charge is 0.0603 e. The quantitative estimate of drug-likeness (QED) is 0.384. The topological polar surface area (TPSA) is 17.3 Å². The number of hydrogen-bond acceptors (Lipinski definition) is 1. The van der Waals surface area contributed by atoms with E-state index < -0.39 is 0 Å². The molecule has 0 aliphatic rings. The van der Waals surface area contributed by atoms with Crippen LogP contribution in [-0.4, -0.2) is 11.1 Å². The molecule has 1 heterocycles. The van der Waals surface area contributed by atoms with Crippen LogP contribution >= 0.6 is 12.4 Å². The molecule has 0 N–H and O–H groups in total. The second-order valence-corrected chi connectivity index (χ2v) is 6.36. The molecule has 0 atom stereocenters. The fourth-order valence-corrected chi connectivity index (χ4v) is 2.70. The molecule has 0 radical (unpaired) electrons. The van der Waals surface area contributed by atoms with Crippen LogP contribution in [-0.2, 0) is 6.54 Å². The average Bonchev–Trinajstić information content (AvgIpc) is 2.55. The van der Waals surface area contributed by atoms with Crippen molar-refractivity contribution in [1.29, 1.82) is 0 Å². The Morgan fingerprint density at radius 2 is 1.26 bits per heavy atom. The van der Waals surface area contributed by atoms with Gasteiger partial charge in [-0.05, 0) is 25.0 Å². The maximum Gasteiger partial charge on any atom is 0.0603 e. The van der Waals surface area contributed by atoms with Gasteiger partial charge in [0.1, 0.15) is 0 Å². The lowest BCUT2D eigenvalue weighted by atomic mass is 10.1. The van der Waals surface area contributed by atoms with Crippen LogP contribution in [0.3, 0.4) is 0 Å². The standard InChI is InChI=1S/C20H36N2.ClH/c1-3-5-7-9-10-11-12-16-21-20-14-18-22(19-15-20)17-13-8-6-4-2;/h14-15,18-19H,3-13,16-17H2,1-2H3;1H. The molecule has 0 saturated heterocycles. The van der Waals surface area contributed by atoms with Gasteiger partial charge in [0.25, 0.3) is 0 Å². The van der Waals surface area contributed by atoms with Gasteiger partial charge in [-0.15, -0.1) is 12.4 Å². The Kier molecular flexibility index (Phi) is 15.6. The first-order valence-corrected chi connectivity index (χ1v) is 9.53. The first kappa shape index (κ1) is 22.2. The fraction of sp³-hybridized carbons (Fsp3) is 0.750. The van der Waals surface area contributed by atoms with Crippen molar-refractivity contribution in [3.63, 3.8) is 0 Å². The van der Waals surface area contributed by atoms with Crippen LogP contribution in [0.1, 0.15) is 84.5 Å². The number of hydrogen-bond donors (Lipinski definition) is 0. The van der Waals surface area contributed by atoms with Crippen molar-refractivity contribution in [2.75, 3.05) is 6.54 Å². The molecule has 0 aromatic carbocycles. The van der Waals surface area contributed by atoms with E-state index in [2.05, 4.69) is 47.9 Å². The maximum atomic E-state index is 4.68. The first-order chi connectivity index (χ1) is 10.9. The van der Waals surface area contributed by atoms with E-state index in [1.807, 2.05) is 0 Å². The van der Waals surface area contributed by atoms with Crippen molar-refractivity contribution in [2.24, 2.45) is 4.99 Å². The Bertz CT molecular complexity index is 405. The summed E-state index contributed by atoms with van der Waals surface area (Å²) in [7, 11) is 0. The summed E-state index contributed by atoms with van der Waals surface area (Å²) >= 11 is 0. The molecule has 1 aromatic rings. The third kappa shape index (κ3) is 12.3. The minimum atomic E-state index is 0. The summed E-state index contributed by atoms with van der Waals surface area (Å²) in [6, 6.07) is 4.31. The number of rotatable bonds is 13. The van der Waals surface area contributed by atoms with Crippen LogP contribution in [0.2, 0.25) is 0 Å². The Balaban J connectivity index is 0.00000484. The van der Waals surface area contributed by atoms with Crippen LogP contribution in [0.15, 0.2) is 29.5 Å². The predicted molar refractivity (Wildman–Crippen MR) is 104 cm³/mol. The largest absolute Gasteiger partial charge is 0.354 e. The van der Waals surface area contributed by atoms with Gasteiger partial charge in [-0.25, -0.2) is 0 Å². The highest BCUT2D eigenvalue weighted by Crippen LogP contribution is 2.06. The van der Waals surface area contributed by atoms with E-state index in [1.165, 1.54) is 70.6 Å². The lowest BCUT2D eigenvalue weighted by Crippen LogP contribution is -2.06. The van der Waals surface area contributed by atoms with Gasteiger partial charge < -0.3 is 4.57 Å². The molecule has 0 bridgehead atoms. The van der Waals surface area contributed by atoms with Crippen molar-refractivity contribution in [3.05, 3.63) is 29.9 Å². The van der Waals surface area contributed by atoms with Crippen molar-refractivity contribution >= 4 is 12.4 Å². The summed E-state index contributed by atoms with van der Waals surface area (Å²) in [6.45, 7) is 6.65. The van der Waals surface area contributed by atoms with Gasteiger partial charge in [0.05, 0.1) is 5.36 Å². The molecule has 2 nitrogen and oxygen atoms in total. The minimum Gasteiger partial charge on any atom is -0.354 e. The molecule has 23 heavy (non-hydrogen) atoms. The molecule has 3 heteroatoms. The van der Waals surface area contributed by atoms with Gasteiger partial charge in [-0.2, -0.15) is 0 Å². The van der Waals surface area contributed by atoms with Crippen LogP contribution in [0.25, 0.3) is 0 Å². The molecule has 0 fully saturated rings. The number of aromatic nitrogens is 1. The molecule has 0 aliphatic heterocycles. The van der Waals surface area contributed by atoms with E-state index in [-0.39, 0.29) is 12.4 Å².